The molecule has 0 unspecified atom stereocenters. The number of benzene rings is 2. The van der Waals surface area contributed by atoms with Gasteiger partial charge in [-0.25, -0.2) is 0 Å². The second-order valence-electron chi connectivity index (χ2n) is 7.54. The standard InChI is InChI=1S/C24H30N2O6/c1-29-12-11-25-23(27)21-15-26(24(28)16-5-7-17(30-2)8-6-16)14-20(21)19-13-18(31-3)9-10-22(19)32-4/h5-10,13,20-21H,11-12,14-15H2,1-4H3,(H,25,27)/t20-,21+/m1/s1. The van der Waals surface area contributed by atoms with Crippen LogP contribution in [0.4, 0.5) is 0 Å². The second kappa shape index (κ2) is 10.9. The molecule has 3 rings (SSSR count). The summed E-state index contributed by atoms with van der Waals surface area (Å²) in [6.45, 7) is 1.51. The maximum Gasteiger partial charge on any atom is 0.253 e. The maximum atomic E-state index is 13.2. The first-order chi connectivity index (χ1) is 15.5. The minimum atomic E-state index is -0.435. The number of rotatable bonds is 9. The lowest BCUT2D eigenvalue weighted by atomic mass is 9.87. The Kier molecular flexibility index (Phi) is 7.94. The monoisotopic (exact) mass is 442 g/mol. The van der Waals surface area contributed by atoms with Crippen molar-refractivity contribution in [1.82, 2.24) is 10.2 Å². The summed E-state index contributed by atoms with van der Waals surface area (Å²) >= 11 is 0. The highest BCUT2D eigenvalue weighted by Crippen LogP contribution is 2.40. The number of nitrogens with zero attached hydrogens (tertiary/aromatic N) is 1. The Morgan fingerprint density at radius 1 is 0.938 bits per heavy atom. The highest BCUT2D eigenvalue weighted by molar-refractivity contribution is 5.95. The maximum absolute atomic E-state index is 13.2. The minimum absolute atomic E-state index is 0.123. The van der Waals surface area contributed by atoms with Gasteiger partial charge in [-0.2, -0.15) is 0 Å². The first-order valence-corrected chi connectivity index (χ1v) is 10.4. The lowest BCUT2D eigenvalue weighted by Crippen LogP contribution is -2.37. The lowest BCUT2D eigenvalue weighted by Gasteiger charge is -2.21. The molecule has 1 saturated heterocycles. The third kappa shape index (κ3) is 5.13. The Hall–Kier alpha value is -3.26. The van der Waals surface area contributed by atoms with E-state index in [2.05, 4.69) is 5.32 Å². The molecule has 1 aliphatic rings. The molecule has 2 atom stereocenters. The van der Waals surface area contributed by atoms with Gasteiger partial charge in [0.1, 0.15) is 17.2 Å². The van der Waals surface area contributed by atoms with Crippen molar-refractivity contribution in [3.8, 4) is 17.2 Å². The quantitative estimate of drug-likeness (QED) is 0.600. The summed E-state index contributed by atoms with van der Waals surface area (Å²) in [5.74, 6) is 1.06. The van der Waals surface area contributed by atoms with Crippen molar-refractivity contribution >= 4 is 11.8 Å². The SMILES string of the molecule is COCCNC(=O)[C@H]1CN(C(=O)c2ccc(OC)cc2)C[C@@H]1c1cc(OC)ccc1OC. The number of carbonyl (C=O) groups is 2. The fourth-order valence-corrected chi connectivity index (χ4v) is 4.00. The van der Waals surface area contributed by atoms with Crippen molar-refractivity contribution in [2.75, 3.05) is 54.7 Å². The van der Waals surface area contributed by atoms with E-state index < -0.39 is 5.92 Å². The fraction of sp³-hybridized carbons (Fsp3) is 0.417. The predicted molar refractivity (Wildman–Crippen MR) is 120 cm³/mol. The van der Waals surface area contributed by atoms with Gasteiger partial charge in [0.25, 0.3) is 5.91 Å². The van der Waals surface area contributed by atoms with Crippen molar-refractivity contribution in [2.24, 2.45) is 5.92 Å². The molecule has 1 fully saturated rings. The smallest absolute Gasteiger partial charge is 0.253 e. The third-order valence-electron chi connectivity index (χ3n) is 5.72. The van der Waals surface area contributed by atoms with Crippen LogP contribution in [-0.2, 0) is 9.53 Å². The zero-order chi connectivity index (χ0) is 23.1. The molecule has 0 aliphatic carbocycles. The Morgan fingerprint density at radius 2 is 1.62 bits per heavy atom. The Bertz CT molecular complexity index is 931. The molecule has 1 N–H and O–H groups in total. The lowest BCUT2D eigenvalue weighted by molar-refractivity contribution is -0.125. The van der Waals surface area contributed by atoms with E-state index in [0.717, 1.165) is 5.56 Å². The van der Waals surface area contributed by atoms with Gasteiger partial charge in [-0.3, -0.25) is 9.59 Å². The molecule has 1 heterocycles. The number of methoxy groups -OCH3 is 4. The molecule has 0 aromatic heterocycles. The Morgan fingerprint density at radius 3 is 2.25 bits per heavy atom. The van der Waals surface area contributed by atoms with Crippen molar-refractivity contribution in [2.45, 2.75) is 5.92 Å². The molecule has 8 heteroatoms. The van der Waals surface area contributed by atoms with Crippen LogP contribution < -0.4 is 19.5 Å². The average molecular weight is 443 g/mol. The van der Waals surface area contributed by atoms with E-state index in [1.165, 1.54) is 0 Å². The summed E-state index contributed by atoms with van der Waals surface area (Å²) < 4.78 is 21.2. The first kappa shape index (κ1) is 23.4. The Labute approximate surface area is 188 Å². The molecule has 1 aliphatic heterocycles. The normalized spacial score (nSPS) is 17.7. The van der Waals surface area contributed by atoms with Gasteiger partial charge in [0.2, 0.25) is 5.91 Å². The fourth-order valence-electron chi connectivity index (χ4n) is 4.00. The van der Waals surface area contributed by atoms with Crippen molar-refractivity contribution in [3.63, 3.8) is 0 Å². The highest BCUT2D eigenvalue weighted by Gasteiger charge is 2.41. The van der Waals surface area contributed by atoms with Crippen molar-refractivity contribution in [1.29, 1.82) is 0 Å². The van der Waals surface area contributed by atoms with Gasteiger partial charge in [-0.15, -0.1) is 0 Å². The highest BCUT2D eigenvalue weighted by atomic mass is 16.5. The van der Waals surface area contributed by atoms with Crippen LogP contribution in [0.1, 0.15) is 21.8 Å². The van der Waals surface area contributed by atoms with E-state index in [9.17, 15) is 9.59 Å². The van der Waals surface area contributed by atoms with Gasteiger partial charge in [0.15, 0.2) is 0 Å². The molecule has 2 aromatic carbocycles. The molecule has 2 amide bonds. The largest absolute Gasteiger partial charge is 0.497 e. The topological polar surface area (TPSA) is 86.3 Å². The summed E-state index contributed by atoms with van der Waals surface area (Å²) in [6, 6.07) is 12.5. The van der Waals surface area contributed by atoms with E-state index in [-0.39, 0.29) is 17.7 Å². The van der Waals surface area contributed by atoms with Gasteiger partial charge < -0.3 is 29.2 Å². The molecule has 2 aromatic rings. The van der Waals surface area contributed by atoms with Crippen LogP contribution in [0, 0.1) is 5.92 Å². The van der Waals surface area contributed by atoms with Crippen LogP contribution in [-0.4, -0.2) is 71.4 Å². The van der Waals surface area contributed by atoms with Gasteiger partial charge >= 0.3 is 0 Å². The van der Waals surface area contributed by atoms with Gasteiger partial charge in [0.05, 0.1) is 33.9 Å². The van der Waals surface area contributed by atoms with Gasteiger partial charge in [0, 0.05) is 43.8 Å². The number of likely N-dealkylation sites (tertiary alicyclic amines) is 1. The Balaban J connectivity index is 1.90. The minimum Gasteiger partial charge on any atom is -0.497 e. The van der Waals surface area contributed by atoms with E-state index in [4.69, 9.17) is 18.9 Å². The van der Waals surface area contributed by atoms with Crippen LogP contribution in [0.15, 0.2) is 42.5 Å². The average Bonchev–Trinajstić information content (AvgIpc) is 3.28. The van der Waals surface area contributed by atoms with Gasteiger partial charge in [-0.1, -0.05) is 0 Å². The van der Waals surface area contributed by atoms with E-state index in [0.29, 0.717) is 49.1 Å². The number of nitrogens with one attached hydrogen (secondary N) is 1. The molecular weight excluding hydrogens is 412 g/mol. The summed E-state index contributed by atoms with van der Waals surface area (Å²) in [6.07, 6.45) is 0. The molecule has 8 nitrogen and oxygen atoms in total. The molecule has 32 heavy (non-hydrogen) atoms. The predicted octanol–water partition coefficient (Wildman–Crippen LogP) is 2.33. The zero-order valence-electron chi connectivity index (χ0n) is 18.9. The number of carbonyl (C=O) groups excluding carboxylic acids is 2. The summed E-state index contributed by atoms with van der Waals surface area (Å²) in [5.41, 5.74) is 1.38. The van der Waals surface area contributed by atoms with Crippen molar-refractivity contribution < 1.29 is 28.5 Å². The molecular formula is C24H30N2O6. The van der Waals surface area contributed by atoms with Crippen LogP contribution in [0.2, 0.25) is 0 Å². The molecule has 0 radical (unpaired) electrons. The van der Waals surface area contributed by atoms with E-state index in [1.54, 1.807) is 57.6 Å². The van der Waals surface area contributed by atoms with Crippen LogP contribution in [0.3, 0.4) is 0 Å². The van der Waals surface area contributed by atoms with Crippen LogP contribution in [0.5, 0.6) is 17.2 Å². The molecule has 172 valence electrons. The molecule has 0 spiro atoms. The van der Waals surface area contributed by atoms with Crippen LogP contribution >= 0.6 is 0 Å². The van der Waals surface area contributed by atoms with Crippen molar-refractivity contribution in [3.05, 3.63) is 53.6 Å². The first-order valence-electron chi connectivity index (χ1n) is 10.4. The summed E-state index contributed by atoms with van der Waals surface area (Å²) in [5, 5.41) is 2.92. The molecule has 0 saturated carbocycles. The number of hydrogen-bond acceptors (Lipinski definition) is 6. The molecule has 0 bridgehead atoms. The van der Waals surface area contributed by atoms with E-state index in [1.807, 2.05) is 18.2 Å². The number of amides is 2. The number of hydrogen-bond donors (Lipinski definition) is 1. The second-order valence-corrected chi connectivity index (χ2v) is 7.54. The van der Waals surface area contributed by atoms with E-state index >= 15 is 0 Å². The van der Waals surface area contributed by atoms with Gasteiger partial charge in [-0.05, 0) is 42.5 Å². The van der Waals surface area contributed by atoms with Crippen LogP contribution in [0.25, 0.3) is 0 Å². The number of ether oxygens (including phenoxy) is 4. The summed E-state index contributed by atoms with van der Waals surface area (Å²) in [4.78, 5) is 28.0. The zero-order valence-corrected chi connectivity index (χ0v) is 18.9. The third-order valence-corrected chi connectivity index (χ3v) is 5.72. The summed E-state index contributed by atoms with van der Waals surface area (Å²) in [7, 11) is 6.35.